The summed E-state index contributed by atoms with van der Waals surface area (Å²) in [7, 11) is 0. The highest BCUT2D eigenvalue weighted by molar-refractivity contribution is 6.46. The van der Waals surface area contributed by atoms with Gasteiger partial charge in [0, 0.05) is 12.1 Å². The summed E-state index contributed by atoms with van der Waals surface area (Å²) in [6.07, 6.45) is 1.61. The summed E-state index contributed by atoms with van der Waals surface area (Å²) in [6.45, 7) is 11.5. The predicted molar refractivity (Wildman–Crippen MR) is 127 cm³/mol. The summed E-state index contributed by atoms with van der Waals surface area (Å²) in [5.41, 5.74) is 2.59. The van der Waals surface area contributed by atoms with E-state index in [1.165, 1.54) is 0 Å². The molecular weight excluding hydrogens is 402 g/mol. The molecule has 1 N–H and O–H groups in total. The molecule has 3 rings (SSSR count). The quantitative estimate of drug-likeness (QED) is 0.349. The maximum atomic E-state index is 13.0. The maximum Gasteiger partial charge on any atom is 0.295 e. The molecule has 1 aliphatic heterocycles. The van der Waals surface area contributed by atoms with Crippen LogP contribution in [-0.2, 0) is 15.0 Å². The van der Waals surface area contributed by atoms with E-state index in [1.807, 2.05) is 38.1 Å². The zero-order valence-electron chi connectivity index (χ0n) is 19.6. The first-order valence-corrected chi connectivity index (χ1v) is 11.3. The molecule has 170 valence electrons. The van der Waals surface area contributed by atoms with E-state index in [1.54, 1.807) is 29.2 Å². The van der Waals surface area contributed by atoms with Gasteiger partial charge in [-0.25, -0.2) is 0 Å². The number of hydrogen-bond acceptors (Lipinski definition) is 4. The highest BCUT2D eigenvalue weighted by atomic mass is 16.5. The molecule has 1 amide bonds. The van der Waals surface area contributed by atoms with Crippen LogP contribution in [0.5, 0.6) is 5.75 Å². The first-order valence-electron chi connectivity index (χ1n) is 11.3. The van der Waals surface area contributed by atoms with Crippen molar-refractivity contribution in [2.45, 2.75) is 58.9 Å². The monoisotopic (exact) mass is 435 g/mol. The number of nitrogens with zero attached hydrogens (tertiary/aromatic N) is 1. The van der Waals surface area contributed by atoms with Crippen molar-refractivity contribution >= 4 is 17.4 Å². The lowest BCUT2D eigenvalue weighted by atomic mass is 9.85. The molecule has 1 atom stereocenters. The van der Waals surface area contributed by atoms with Crippen LogP contribution in [0.15, 0.2) is 54.1 Å². The van der Waals surface area contributed by atoms with E-state index in [2.05, 4.69) is 20.8 Å². The zero-order valence-corrected chi connectivity index (χ0v) is 19.6. The van der Waals surface area contributed by atoms with Crippen LogP contribution in [0.3, 0.4) is 0 Å². The van der Waals surface area contributed by atoms with Crippen molar-refractivity contribution in [1.82, 2.24) is 4.90 Å². The molecule has 5 nitrogen and oxygen atoms in total. The van der Waals surface area contributed by atoms with Crippen LogP contribution in [0.2, 0.25) is 0 Å². The third kappa shape index (κ3) is 4.72. The Bertz CT molecular complexity index is 997. The van der Waals surface area contributed by atoms with Crippen LogP contribution < -0.4 is 4.74 Å². The number of carbonyl (C=O) groups excluding carboxylic acids is 2. The van der Waals surface area contributed by atoms with Crippen LogP contribution in [0.4, 0.5) is 0 Å². The second kappa shape index (κ2) is 9.60. The third-order valence-electron chi connectivity index (χ3n) is 5.70. The van der Waals surface area contributed by atoms with Gasteiger partial charge >= 0.3 is 0 Å². The van der Waals surface area contributed by atoms with Crippen molar-refractivity contribution in [2.24, 2.45) is 0 Å². The molecule has 2 aromatic rings. The highest BCUT2D eigenvalue weighted by Crippen LogP contribution is 2.40. The summed E-state index contributed by atoms with van der Waals surface area (Å²) >= 11 is 0. The Kier molecular flexibility index (Phi) is 7.07. The van der Waals surface area contributed by atoms with Gasteiger partial charge in [0.2, 0.25) is 0 Å². The maximum absolute atomic E-state index is 13.0. The molecule has 1 fully saturated rings. The number of hydrogen-bond donors (Lipinski definition) is 1. The molecule has 1 heterocycles. The fraction of sp³-hybridized carbons (Fsp3) is 0.407. The number of rotatable bonds is 7. The number of aliphatic hydroxyl groups excluding tert-OH is 1. The van der Waals surface area contributed by atoms with Gasteiger partial charge in [0.25, 0.3) is 11.7 Å². The number of likely N-dealkylation sites (tertiary alicyclic amines) is 1. The van der Waals surface area contributed by atoms with Gasteiger partial charge in [0.15, 0.2) is 0 Å². The number of ketones is 1. The van der Waals surface area contributed by atoms with E-state index in [0.29, 0.717) is 30.9 Å². The number of aliphatic hydroxyl groups is 1. The van der Waals surface area contributed by atoms with Gasteiger partial charge in [-0.1, -0.05) is 58.9 Å². The number of carbonyl (C=O) groups is 2. The van der Waals surface area contributed by atoms with Gasteiger partial charge in [-0.3, -0.25) is 9.59 Å². The second-order valence-corrected chi connectivity index (χ2v) is 9.24. The molecule has 0 radical (unpaired) electrons. The Morgan fingerprint density at radius 2 is 1.59 bits per heavy atom. The van der Waals surface area contributed by atoms with Gasteiger partial charge in [-0.15, -0.1) is 0 Å². The minimum Gasteiger partial charge on any atom is -0.507 e. The van der Waals surface area contributed by atoms with Crippen LogP contribution >= 0.6 is 0 Å². The molecule has 0 aromatic heterocycles. The average molecular weight is 436 g/mol. The van der Waals surface area contributed by atoms with Crippen molar-refractivity contribution in [1.29, 1.82) is 0 Å². The second-order valence-electron chi connectivity index (χ2n) is 9.24. The van der Waals surface area contributed by atoms with Crippen LogP contribution in [0, 0.1) is 0 Å². The predicted octanol–water partition coefficient (Wildman–Crippen LogP) is 5.60. The lowest BCUT2D eigenvalue weighted by molar-refractivity contribution is -0.139. The summed E-state index contributed by atoms with van der Waals surface area (Å²) < 4.78 is 5.60. The molecule has 0 saturated carbocycles. The number of ether oxygens (including phenoxy) is 1. The molecule has 0 spiro atoms. The number of Topliss-reactive ketones (excluding diaryl/α,β-unsaturated/α-hetero) is 1. The van der Waals surface area contributed by atoms with Crippen molar-refractivity contribution < 1.29 is 19.4 Å². The molecule has 1 aliphatic rings. The van der Waals surface area contributed by atoms with E-state index in [0.717, 1.165) is 17.5 Å². The summed E-state index contributed by atoms with van der Waals surface area (Å²) in [6, 6.07) is 14.3. The summed E-state index contributed by atoms with van der Waals surface area (Å²) in [5.74, 6) is -0.675. The van der Waals surface area contributed by atoms with E-state index >= 15 is 0 Å². The lowest BCUT2D eigenvalue weighted by Crippen LogP contribution is -2.30. The topological polar surface area (TPSA) is 66.8 Å². The standard InChI is InChI=1S/C27H33NO4/c1-6-16-28-23(18-8-12-20(13-9-18)27(3,4)5)22(25(30)26(28)31)24(29)19-10-14-21(15-11-19)32-17-7-2/h8-15,23,29H,6-7,16-17H2,1-5H3/b24-22-. The highest BCUT2D eigenvalue weighted by Gasteiger charge is 2.45. The van der Waals surface area contributed by atoms with Gasteiger partial charge in [0.1, 0.15) is 11.5 Å². The Labute approximate surface area is 190 Å². The molecule has 1 unspecified atom stereocenters. The Hall–Kier alpha value is -3.08. The molecule has 32 heavy (non-hydrogen) atoms. The first kappa shape index (κ1) is 23.6. The molecule has 0 aliphatic carbocycles. The molecule has 5 heteroatoms. The van der Waals surface area contributed by atoms with Crippen molar-refractivity contribution in [3.8, 4) is 5.75 Å². The number of amides is 1. The fourth-order valence-corrected chi connectivity index (χ4v) is 3.95. The van der Waals surface area contributed by atoms with Crippen LogP contribution in [0.1, 0.15) is 70.2 Å². The van der Waals surface area contributed by atoms with Gasteiger partial charge in [-0.2, -0.15) is 0 Å². The van der Waals surface area contributed by atoms with Crippen molar-refractivity contribution in [2.75, 3.05) is 13.2 Å². The fourth-order valence-electron chi connectivity index (χ4n) is 3.95. The normalized spacial score (nSPS) is 18.3. The van der Waals surface area contributed by atoms with E-state index < -0.39 is 17.7 Å². The van der Waals surface area contributed by atoms with Gasteiger partial charge < -0.3 is 14.7 Å². The molecular formula is C27H33NO4. The first-order chi connectivity index (χ1) is 15.2. The van der Waals surface area contributed by atoms with Crippen molar-refractivity contribution in [3.05, 3.63) is 70.8 Å². The van der Waals surface area contributed by atoms with E-state index in [9.17, 15) is 14.7 Å². The number of benzene rings is 2. The summed E-state index contributed by atoms with van der Waals surface area (Å²) in [5, 5.41) is 11.1. The van der Waals surface area contributed by atoms with Gasteiger partial charge in [0.05, 0.1) is 18.2 Å². The molecule has 2 aromatic carbocycles. The largest absolute Gasteiger partial charge is 0.507 e. The Morgan fingerprint density at radius 1 is 0.969 bits per heavy atom. The van der Waals surface area contributed by atoms with Gasteiger partial charge in [-0.05, 0) is 53.6 Å². The SMILES string of the molecule is CCCOc1ccc(/C(O)=C2/C(=O)C(=O)N(CCC)C2c2ccc(C(C)(C)C)cc2)cc1. The minimum atomic E-state index is -0.646. The third-order valence-corrected chi connectivity index (χ3v) is 5.70. The Morgan fingerprint density at radius 3 is 2.12 bits per heavy atom. The van der Waals surface area contributed by atoms with Crippen LogP contribution in [0.25, 0.3) is 5.76 Å². The smallest absolute Gasteiger partial charge is 0.295 e. The van der Waals surface area contributed by atoms with Crippen LogP contribution in [-0.4, -0.2) is 34.8 Å². The van der Waals surface area contributed by atoms with Crippen molar-refractivity contribution in [3.63, 3.8) is 0 Å². The van der Waals surface area contributed by atoms with E-state index in [4.69, 9.17) is 4.74 Å². The van der Waals surface area contributed by atoms with E-state index in [-0.39, 0.29) is 16.7 Å². The average Bonchev–Trinajstić information content (AvgIpc) is 3.02. The molecule has 1 saturated heterocycles. The summed E-state index contributed by atoms with van der Waals surface area (Å²) in [4.78, 5) is 27.4. The lowest BCUT2D eigenvalue weighted by Gasteiger charge is -2.26. The minimum absolute atomic E-state index is 0.00858. The zero-order chi connectivity index (χ0) is 23.5. The Balaban J connectivity index is 2.06. The molecule has 0 bridgehead atoms.